The second-order valence-electron chi connectivity index (χ2n) is 10.6. The number of fused-ring (bicyclic) bond motifs is 4. The average molecular weight is 457 g/mol. The number of rotatable bonds is 5. The fraction of sp³-hybridized carbons (Fsp3) is 0.556. The third kappa shape index (κ3) is 2.72. The summed E-state index contributed by atoms with van der Waals surface area (Å²) in [6, 6.07) is 3.11. The van der Waals surface area contributed by atoms with Crippen molar-refractivity contribution in [1.82, 2.24) is 0 Å². The number of benzene rings is 2. The molecular formula is C27H36O6. The monoisotopic (exact) mass is 456 g/mol. The Morgan fingerprint density at radius 1 is 0.727 bits per heavy atom. The molecule has 33 heavy (non-hydrogen) atoms. The van der Waals surface area contributed by atoms with E-state index >= 15 is 0 Å². The van der Waals surface area contributed by atoms with Crippen LogP contribution in [0.5, 0.6) is 34.5 Å². The van der Waals surface area contributed by atoms with Crippen LogP contribution in [0.25, 0.3) is 0 Å². The van der Waals surface area contributed by atoms with Gasteiger partial charge in [0.15, 0.2) is 23.0 Å². The van der Waals surface area contributed by atoms with Gasteiger partial charge in [-0.1, -0.05) is 53.9 Å². The molecule has 6 nitrogen and oxygen atoms in total. The number of hydrogen-bond acceptors (Lipinski definition) is 6. The highest BCUT2D eigenvalue weighted by atomic mass is 16.3. The SMILES string of the molecule is CCCC1(C)CC2(c3c1cc(O)c(O)c3O)c1c(cc(O)c(O)c1O)C(C)(CCC)C2CC. The fourth-order valence-corrected chi connectivity index (χ4v) is 7.74. The van der Waals surface area contributed by atoms with Crippen LogP contribution in [-0.2, 0) is 16.2 Å². The number of phenolic OH excluding ortho intramolecular Hbond substituents is 6. The number of aromatic hydroxyl groups is 6. The van der Waals surface area contributed by atoms with Crippen LogP contribution in [0, 0.1) is 5.92 Å². The fourth-order valence-electron chi connectivity index (χ4n) is 7.74. The number of hydrogen-bond donors (Lipinski definition) is 6. The van der Waals surface area contributed by atoms with Gasteiger partial charge in [-0.2, -0.15) is 0 Å². The first kappa shape index (κ1) is 23.4. The molecule has 0 saturated heterocycles. The molecule has 2 aromatic rings. The van der Waals surface area contributed by atoms with Gasteiger partial charge in [0.05, 0.1) is 0 Å². The van der Waals surface area contributed by atoms with E-state index in [1.165, 1.54) is 0 Å². The highest BCUT2D eigenvalue weighted by Gasteiger charge is 2.66. The van der Waals surface area contributed by atoms with Gasteiger partial charge < -0.3 is 30.6 Å². The van der Waals surface area contributed by atoms with E-state index in [9.17, 15) is 30.6 Å². The summed E-state index contributed by atoms with van der Waals surface area (Å²) in [5.41, 5.74) is 0.768. The zero-order chi connectivity index (χ0) is 24.5. The molecule has 0 saturated carbocycles. The summed E-state index contributed by atoms with van der Waals surface area (Å²) < 4.78 is 0. The van der Waals surface area contributed by atoms with Crippen LogP contribution >= 0.6 is 0 Å². The van der Waals surface area contributed by atoms with Gasteiger partial charge in [-0.05, 0) is 59.3 Å². The van der Waals surface area contributed by atoms with Crippen molar-refractivity contribution in [1.29, 1.82) is 0 Å². The van der Waals surface area contributed by atoms with Gasteiger partial charge in [0.1, 0.15) is 0 Å². The maximum absolute atomic E-state index is 11.3. The molecule has 0 fully saturated rings. The molecule has 0 radical (unpaired) electrons. The van der Waals surface area contributed by atoms with Crippen molar-refractivity contribution in [2.45, 2.75) is 89.4 Å². The van der Waals surface area contributed by atoms with Crippen LogP contribution in [0.4, 0.5) is 0 Å². The highest BCUT2D eigenvalue weighted by Crippen LogP contribution is 2.73. The highest BCUT2D eigenvalue weighted by molar-refractivity contribution is 5.74. The predicted molar refractivity (Wildman–Crippen MR) is 127 cm³/mol. The van der Waals surface area contributed by atoms with Gasteiger partial charge in [0.25, 0.3) is 0 Å². The molecule has 0 aliphatic heterocycles. The standard InChI is InChI=1S/C27H36O6/c1-6-9-25(4)13-27(19-14(25)11-16(28)21(30)23(19)32)18(8-3)26(5,10-7-2)15-12-17(29)22(31)24(33)20(15)27/h11-12,18,28-33H,6-10,13H2,1-5H3. The maximum Gasteiger partial charge on any atom is 0.200 e. The smallest absolute Gasteiger partial charge is 0.200 e. The molecule has 6 heteroatoms. The second kappa shape index (κ2) is 7.37. The van der Waals surface area contributed by atoms with Crippen LogP contribution in [0.1, 0.15) is 95.4 Å². The summed E-state index contributed by atoms with van der Waals surface area (Å²) in [6.45, 7) is 10.5. The molecule has 0 amide bonds. The van der Waals surface area contributed by atoms with E-state index in [0.717, 1.165) is 43.2 Å². The molecule has 0 heterocycles. The number of phenols is 6. The van der Waals surface area contributed by atoms with Crippen molar-refractivity contribution in [3.05, 3.63) is 34.4 Å². The van der Waals surface area contributed by atoms with Crippen LogP contribution in [0.15, 0.2) is 12.1 Å². The van der Waals surface area contributed by atoms with E-state index < -0.39 is 27.7 Å². The topological polar surface area (TPSA) is 121 Å². The lowest BCUT2D eigenvalue weighted by Crippen LogP contribution is -2.40. The Kier molecular flexibility index (Phi) is 5.23. The third-order valence-corrected chi connectivity index (χ3v) is 8.68. The van der Waals surface area contributed by atoms with Gasteiger partial charge in [-0.15, -0.1) is 0 Å². The molecular weight excluding hydrogens is 420 g/mol. The molecule has 4 rings (SSSR count). The van der Waals surface area contributed by atoms with Gasteiger partial charge in [-0.25, -0.2) is 0 Å². The summed E-state index contributed by atoms with van der Waals surface area (Å²) in [5, 5.41) is 64.5. The Bertz CT molecular complexity index is 1100. The van der Waals surface area contributed by atoms with Gasteiger partial charge in [0.2, 0.25) is 11.5 Å². The summed E-state index contributed by atoms with van der Waals surface area (Å²) in [7, 11) is 0. The largest absolute Gasteiger partial charge is 0.504 e. The first-order valence-electron chi connectivity index (χ1n) is 12.0. The molecule has 180 valence electrons. The van der Waals surface area contributed by atoms with Gasteiger partial charge >= 0.3 is 0 Å². The quantitative estimate of drug-likeness (QED) is 0.318. The van der Waals surface area contributed by atoms with Crippen molar-refractivity contribution in [2.75, 3.05) is 0 Å². The Labute approximate surface area is 195 Å². The van der Waals surface area contributed by atoms with Gasteiger partial charge in [-0.3, -0.25) is 0 Å². The molecule has 2 aliphatic carbocycles. The van der Waals surface area contributed by atoms with E-state index in [1.807, 2.05) is 0 Å². The van der Waals surface area contributed by atoms with E-state index in [2.05, 4.69) is 34.6 Å². The summed E-state index contributed by atoms with van der Waals surface area (Å²) >= 11 is 0. The van der Waals surface area contributed by atoms with Crippen LogP contribution in [-0.4, -0.2) is 30.6 Å². The predicted octanol–water partition coefficient (Wildman–Crippen LogP) is 5.77. The van der Waals surface area contributed by atoms with E-state index in [-0.39, 0.29) is 28.9 Å². The summed E-state index contributed by atoms with van der Waals surface area (Å²) in [4.78, 5) is 0. The van der Waals surface area contributed by atoms with Crippen LogP contribution < -0.4 is 0 Å². The van der Waals surface area contributed by atoms with Gasteiger partial charge in [0, 0.05) is 16.5 Å². The lowest BCUT2D eigenvalue weighted by molar-refractivity contribution is 0.180. The molecule has 1 spiro atoms. The lowest BCUT2D eigenvalue weighted by Gasteiger charge is -2.42. The minimum absolute atomic E-state index is 0.0840. The van der Waals surface area contributed by atoms with Crippen molar-refractivity contribution in [2.24, 2.45) is 5.92 Å². The Hall–Kier alpha value is -2.76. The van der Waals surface area contributed by atoms with Crippen LogP contribution in [0.3, 0.4) is 0 Å². The van der Waals surface area contributed by atoms with Crippen LogP contribution in [0.2, 0.25) is 0 Å². The maximum atomic E-state index is 11.3. The Morgan fingerprint density at radius 2 is 1.21 bits per heavy atom. The third-order valence-electron chi connectivity index (χ3n) is 8.68. The second-order valence-corrected chi connectivity index (χ2v) is 10.6. The van der Waals surface area contributed by atoms with E-state index in [4.69, 9.17) is 0 Å². The minimum Gasteiger partial charge on any atom is -0.504 e. The Morgan fingerprint density at radius 3 is 1.70 bits per heavy atom. The average Bonchev–Trinajstić information content (AvgIpc) is 3.10. The molecule has 2 aliphatic rings. The van der Waals surface area contributed by atoms with E-state index in [1.54, 1.807) is 12.1 Å². The van der Waals surface area contributed by atoms with Crippen molar-refractivity contribution in [3.63, 3.8) is 0 Å². The molecule has 6 N–H and O–H groups in total. The zero-order valence-electron chi connectivity index (χ0n) is 20.2. The normalized spacial score (nSPS) is 30.0. The first-order valence-corrected chi connectivity index (χ1v) is 12.0. The molecule has 0 aromatic heterocycles. The summed E-state index contributed by atoms with van der Waals surface area (Å²) in [6.07, 6.45) is 4.58. The Balaban J connectivity index is 2.21. The molecule has 4 atom stereocenters. The first-order chi connectivity index (χ1) is 15.4. The molecule has 2 aromatic carbocycles. The minimum atomic E-state index is -0.905. The lowest BCUT2D eigenvalue weighted by atomic mass is 9.61. The summed E-state index contributed by atoms with van der Waals surface area (Å²) in [5.74, 6) is -2.71. The van der Waals surface area contributed by atoms with Crippen molar-refractivity contribution >= 4 is 0 Å². The van der Waals surface area contributed by atoms with Crippen molar-refractivity contribution in [3.8, 4) is 34.5 Å². The van der Waals surface area contributed by atoms with Crippen molar-refractivity contribution < 1.29 is 30.6 Å². The zero-order valence-corrected chi connectivity index (χ0v) is 20.2. The molecule has 0 bridgehead atoms. The van der Waals surface area contributed by atoms with E-state index in [0.29, 0.717) is 17.5 Å². The molecule has 4 unspecified atom stereocenters.